The summed E-state index contributed by atoms with van der Waals surface area (Å²) in [5, 5.41) is 4.13. The number of rotatable bonds is 3. The second-order valence-corrected chi connectivity index (χ2v) is 6.99. The highest BCUT2D eigenvalue weighted by atomic mass is 35.5. The van der Waals surface area contributed by atoms with Crippen molar-refractivity contribution in [2.24, 2.45) is 0 Å². The molecule has 5 nitrogen and oxygen atoms in total. The van der Waals surface area contributed by atoms with Gasteiger partial charge in [0.1, 0.15) is 0 Å². The van der Waals surface area contributed by atoms with Gasteiger partial charge in [-0.05, 0) is 31.5 Å². The Morgan fingerprint density at radius 1 is 1.43 bits per heavy atom. The van der Waals surface area contributed by atoms with E-state index in [2.05, 4.69) is 10.3 Å². The van der Waals surface area contributed by atoms with Crippen molar-refractivity contribution in [2.75, 3.05) is 11.1 Å². The van der Waals surface area contributed by atoms with Gasteiger partial charge in [-0.25, -0.2) is 4.98 Å². The van der Waals surface area contributed by atoms with Crippen molar-refractivity contribution in [2.45, 2.75) is 31.5 Å². The first-order valence-electron chi connectivity index (χ1n) is 7.23. The maximum atomic E-state index is 12.3. The molecular weight excluding hydrogens is 334 g/mol. The normalized spacial score (nSPS) is 16.2. The van der Waals surface area contributed by atoms with Gasteiger partial charge in [-0.2, -0.15) is 0 Å². The summed E-state index contributed by atoms with van der Waals surface area (Å²) in [4.78, 5) is 28.8. The van der Waals surface area contributed by atoms with Crippen molar-refractivity contribution >= 4 is 35.0 Å². The predicted octanol–water partition coefficient (Wildman–Crippen LogP) is 3.19. The third-order valence-electron chi connectivity index (χ3n) is 3.71. The number of aryl methyl sites for hydroxylation is 2. The maximum absolute atomic E-state index is 12.3. The highest BCUT2D eigenvalue weighted by Crippen LogP contribution is 2.32. The molecule has 0 spiro atoms. The van der Waals surface area contributed by atoms with E-state index >= 15 is 0 Å². The van der Waals surface area contributed by atoms with Crippen molar-refractivity contribution < 1.29 is 4.79 Å². The zero-order chi connectivity index (χ0) is 16.6. The number of halogens is 1. The molecule has 0 saturated carbocycles. The fraction of sp³-hybridized carbons (Fsp3) is 0.312. The number of anilines is 1. The number of amides is 1. The quantitative estimate of drug-likeness (QED) is 0.864. The molecule has 1 unspecified atom stereocenters. The molecule has 0 radical (unpaired) electrons. The lowest BCUT2D eigenvalue weighted by atomic mass is 10.1. The van der Waals surface area contributed by atoms with Gasteiger partial charge in [0, 0.05) is 34.6 Å². The summed E-state index contributed by atoms with van der Waals surface area (Å²) in [5.74, 6) is 0.537. The fourth-order valence-corrected chi connectivity index (χ4v) is 3.92. The van der Waals surface area contributed by atoms with E-state index in [4.69, 9.17) is 11.6 Å². The van der Waals surface area contributed by atoms with Gasteiger partial charge in [-0.3, -0.25) is 14.2 Å². The lowest BCUT2D eigenvalue weighted by molar-refractivity contribution is -0.116. The Hall–Kier alpha value is -1.79. The molecule has 1 aliphatic heterocycles. The summed E-state index contributed by atoms with van der Waals surface area (Å²) in [6.45, 7) is 3.70. The number of carbonyl (C=O) groups excluding carboxylic acids is 1. The van der Waals surface area contributed by atoms with E-state index < -0.39 is 0 Å². The van der Waals surface area contributed by atoms with E-state index in [1.54, 1.807) is 23.6 Å². The van der Waals surface area contributed by atoms with Crippen LogP contribution in [0.5, 0.6) is 0 Å². The summed E-state index contributed by atoms with van der Waals surface area (Å²) in [5.41, 5.74) is 2.24. The Labute approximate surface area is 143 Å². The van der Waals surface area contributed by atoms with Crippen molar-refractivity contribution in [3.05, 3.63) is 50.9 Å². The van der Waals surface area contributed by atoms with E-state index in [1.165, 1.54) is 17.8 Å². The Morgan fingerprint density at radius 3 is 3.00 bits per heavy atom. The molecule has 1 N–H and O–H groups in total. The van der Waals surface area contributed by atoms with Crippen molar-refractivity contribution in [3.63, 3.8) is 0 Å². The van der Waals surface area contributed by atoms with Gasteiger partial charge in [0.15, 0.2) is 5.16 Å². The second-order valence-electron chi connectivity index (χ2n) is 5.56. The van der Waals surface area contributed by atoms with E-state index in [1.807, 2.05) is 13.0 Å². The molecule has 0 fully saturated rings. The fourth-order valence-electron chi connectivity index (χ4n) is 2.56. The van der Waals surface area contributed by atoms with Gasteiger partial charge in [0.25, 0.3) is 5.56 Å². The van der Waals surface area contributed by atoms with Crippen LogP contribution < -0.4 is 10.9 Å². The lowest BCUT2D eigenvalue weighted by Gasteiger charge is -2.14. The molecule has 2 aromatic rings. The molecule has 0 saturated heterocycles. The van der Waals surface area contributed by atoms with Gasteiger partial charge >= 0.3 is 0 Å². The number of hydrogen-bond donors (Lipinski definition) is 1. The first-order valence-corrected chi connectivity index (χ1v) is 8.59. The van der Waals surface area contributed by atoms with Gasteiger partial charge < -0.3 is 5.32 Å². The highest BCUT2D eigenvalue weighted by Gasteiger charge is 2.27. The standard InChI is InChI=1S/C16H16ClN3O2S/c1-9-3-4-11(17)6-13(9)19-14(21)7-12-8-23-16-18-10(2)5-15(22)20(12)16/h3-6,12H,7-8H2,1-2H3,(H,19,21). The van der Waals surface area contributed by atoms with Crippen LogP contribution in [0.2, 0.25) is 5.02 Å². The van der Waals surface area contributed by atoms with Gasteiger partial charge in [-0.15, -0.1) is 0 Å². The van der Waals surface area contributed by atoms with E-state index in [9.17, 15) is 9.59 Å². The van der Waals surface area contributed by atoms with Gasteiger partial charge in [0.2, 0.25) is 5.91 Å². The molecule has 3 rings (SSSR count). The minimum atomic E-state index is -0.171. The van der Waals surface area contributed by atoms with E-state index in [0.29, 0.717) is 27.3 Å². The monoisotopic (exact) mass is 349 g/mol. The van der Waals surface area contributed by atoms with Crippen LogP contribution in [0.3, 0.4) is 0 Å². The molecular formula is C16H16ClN3O2S. The summed E-state index contributed by atoms with van der Waals surface area (Å²) in [7, 11) is 0. The van der Waals surface area contributed by atoms with Crippen molar-refractivity contribution in [3.8, 4) is 0 Å². The number of fused-ring (bicyclic) bond motifs is 1. The first kappa shape index (κ1) is 16.1. The number of benzene rings is 1. The summed E-state index contributed by atoms with van der Waals surface area (Å²) in [6.07, 6.45) is 0.233. The van der Waals surface area contributed by atoms with Crippen LogP contribution in [-0.4, -0.2) is 21.2 Å². The lowest BCUT2D eigenvalue weighted by Crippen LogP contribution is -2.27. The zero-order valence-electron chi connectivity index (χ0n) is 12.8. The number of carbonyl (C=O) groups is 1. The minimum absolute atomic E-state index is 0.103. The van der Waals surface area contributed by atoms with Crippen LogP contribution in [-0.2, 0) is 4.79 Å². The molecule has 1 aromatic carbocycles. The molecule has 1 atom stereocenters. The Kier molecular flexibility index (Phi) is 4.46. The summed E-state index contributed by atoms with van der Waals surface area (Å²) >= 11 is 7.47. The van der Waals surface area contributed by atoms with Crippen LogP contribution in [0, 0.1) is 13.8 Å². The highest BCUT2D eigenvalue weighted by molar-refractivity contribution is 7.99. The SMILES string of the molecule is Cc1cc(=O)n2c(n1)SCC2CC(=O)Nc1cc(Cl)ccc1C. The Balaban J connectivity index is 1.76. The van der Waals surface area contributed by atoms with Crippen LogP contribution >= 0.6 is 23.4 Å². The molecule has 7 heteroatoms. The average molecular weight is 350 g/mol. The average Bonchev–Trinajstić information content (AvgIpc) is 2.85. The third kappa shape index (κ3) is 3.43. The predicted molar refractivity (Wildman–Crippen MR) is 92.4 cm³/mol. The third-order valence-corrected chi connectivity index (χ3v) is 5.05. The van der Waals surface area contributed by atoms with E-state index in [-0.39, 0.29) is 23.9 Å². The van der Waals surface area contributed by atoms with Gasteiger partial charge in [0.05, 0.1) is 6.04 Å². The van der Waals surface area contributed by atoms with Crippen LogP contribution in [0.4, 0.5) is 5.69 Å². The zero-order valence-corrected chi connectivity index (χ0v) is 14.4. The second kappa shape index (κ2) is 6.37. The topological polar surface area (TPSA) is 64.0 Å². The van der Waals surface area contributed by atoms with Crippen LogP contribution in [0.25, 0.3) is 0 Å². The molecule has 120 valence electrons. The minimum Gasteiger partial charge on any atom is -0.326 e. The van der Waals surface area contributed by atoms with Crippen molar-refractivity contribution in [1.82, 2.24) is 9.55 Å². The molecule has 1 aliphatic rings. The molecule has 0 aliphatic carbocycles. The van der Waals surface area contributed by atoms with Crippen LogP contribution in [0.15, 0.2) is 34.2 Å². The largest absolute Gasteiger partial charge is 0.326 e. The smallest absolute Gasteiger partial charge is 0.254 e. The maximum Gasteiger partial charge on any atom is 0.254 e. The number of aromatic nitrogens is 2. The number of hydrogen-bond acceptors (Lipinski definition) is 4. The van der Waals surface area contributed by atoms with E-state index in [0.717, 1.165) is 5.56 Å². The molecule has 0 bridgehead atoms. The number of nitrogens with zero attached hydrogens (tertiary/aromatic N) is 2. The molecule has 2 heterocycles. The first-order chi connectivity index (χ1) is 10.9. The Bertz CT molecular complexity index is 835. The Morgan fingerprint density at radius 2 is 2.22 bits per heavy atom. The summed E-state index contributed by atoms with van der Waals surface area (Å²) < 4.78 is 1.61. The number of nitrogens with one attached hydrogen (secondary N) is 1. The molecule has 23 heavy (non-hydrogen) atoms. The summed E-state index contributed by atoms with van der Waals surface area (Å²) in [6, 6.07) is 6.69. The number of thioether (sulfide) groups is 1. The van der Waals surface area contributed by atoms with Crippen molar-refractivity contribution in [1.29, 1.82) is 0 Å². The van der Waals surface area contributed by atoms with Gasteiger partial charge in [-0.1, -0.05) is 29.4 Å². The molecule has 1 aromatic heterocycles. The molecule has 1 amide bonds. The van der Waals surface area contributed by atoms with Crippen LogP contribution in [0.1, 0.15) is 23.7 Å².